The molecule has 1 aliphatic heterocycles. The van der Waals surface area contributed by atoms with E-state index < -0.39 is 0 Å². The van der Waals surface area contributed by atoms with Gasteiger partial charge in [0.15, 0.2) is 11.5 Å². The summed E-state index contributed by atoms with van der Waals surface area (Å²) in [6, 6.07) is 4.26. The van der Waals surface area contributed by atoms with Gasteiger partial charge >= 0.3 is 0 Å². The lowest BCUT2D eigenvalue weighted by molar-refractivity contribution is 0.307. The van der Waals surface area contributed by atoms with Crippen LogP contribution in [-0.4, -0.2) is 25.8 Å². The normalized spacial score (nSPS) is 22.0. The monoisotopic (exact) mass is 341 g/mol. The molecule has 4 heteroatoms. The van der Waals surface area contributed by atoms with Crippen LogP contribution in [0.4, 0.5) is 0 Å². The van der Waals surface area contributed by atoms with Crippen LogP contribution in [0.5, 0.6) is 11.5 Å². The van der Waals surface area contributed by atoms with E-state index in [0.29, 0.717) is 6.61 Å². The van der Waals surface area contributed by atoms with Crippen LogP contribution in [0.1, 0.15) is 38.7 Å². The van der Waals surface area contributed by atoms with E-state index in [1.807, 2.05) is 6.92 Å². The predicted octanol–water partition coefficient (Wildman–Crippen LogP) is 3.93. The molecule has 3 nitrogen and oxygen atoms in total. The highest BCUT2D eigenvalue weighted by atomic mass is 79.9. The Morgan fingerprint density at radius 2 is 2.15 bits per heavy atom. The van der Waals surface area contributed by atoms with E-state index in [4.69, 9.17) is 9.47 Å². The van der Waals surface area contributed by atoms with Crippen LogP contribution < -0.4 is 14.8 Å². The summed E-state index contributed by atoms with van der Waals surface area (Å²) in [5.41, 5.74) is 1.53. The molecule has 112 valence electrons. The lowest BCUT2D eigenvalue weighted by Gasteiger charge is -2.28. The Balaban J connectivity index is 2.26. The summed E-state index contributed by atoms with van der Waals surface area (Å²) >= 11 is 3.60. The van der Waals surface area contributed by atoms with Gasteiger partial charge in [-0.1, -0.05) is 6.92 Å². The summed E-state index contributed by atoms with van der Waals surface area (Å²) in [5.74, 6) is 1.60. The molecule has 1 aromatic rings. The molecular formula is C16H24BrNO2. The van der Waals surface area contributed by atoms with Crippen molar-refractivity contribution in [3.05, 3.63) is 22.2 Å². The summed E-state index contributed by atoms with van der Waals surface area (Å²) in [5, 5.41) is 3.68. The van der Waals surface area contributed by atoms with Crippen LogP contribution in [0.3, 0.4) is 0 Å². The van der Waals surface area contributed by atoms with E-state index in [1.54, 1.807) is 7.11 Å². The first-order valence-electron chi connectivity index (χ1n) is 7.38. The third-order valence-electron chi connectivity index (χ3n) is 4.13. The molecule has 0 spiro atoms. The van der Waals surface area contributed by atoms with E-state index in [2.05, 4.69) is 40.3 Å². The fourth-order valence-corrected chi connectivity index (χ4v) is 3.60. The maximum absolute atomic E-state index is 5.65. The topological polar surface area (TPSA) is 30.5 Å². The third kappa shape index (κ3) is 3.29. The molecule has 0 amide bonds. The first-order chi connectivity index (χ1) is 9.64. The summed E-state index contributed by atoms with van der Waals surface area (Å²) in [6.45, 7) is 6.01. The number of rotatable bonds is 6. The standard InChI is InChI=1S/C16H24BrNO2/c1-4-16(7-6-8-18-16)11-12-9-13(17)15(20-5-2)14(10-12)19-3/h9-10,18H,4-8,11H2,1-3H3. The molecule has 1 fully saturated rings. The number of nitrogens with one attached hydrogen (secondary N) is 1. The lowest BCUT2D eigenvalue weighted by atomic mass is 9.87. The lowest BCUT2D eigenvalue weighted by Crippen LogP contribution is -2.41. The van der Waals surface area contributed by atoms with Gasteiger partial charge in [-0.25, -0.2) is 0 Å². The second kappa shape index (κ2) is 6.81. The Morgan fingerprint density at radius 3 is 2.70 bits per heavy atom. The first-order valence-corrected chi connectivity index (χ1v) is 8.17. The molecule has 2 rings (SSSR count). The molecule has 0 saturated carbocycles. The predicted molar refractivity (Wildman–Crippen MR) is 85.8 cm³/mol. The van der Waals surface area contributed by atoms with Gasteiger partial charge in [0, 0.05) is 5.54 Å². The highest BCUT2D eigenvalue weighted by Crippen LogP contribution is 2.38. The van der Waals surface area contributed by atoms with Gasteiger partial charge in [0.1, 0.15) is 0 Å². The summed E-state index contributed by atoms with van der Waals surface area (Å²) in [6.07, 6.45) is 4.70. The molecule has 1 atom stereocenters. The quantitative estimate of drug-likeness (QED) is 0.850. The van der Waals surface area contributed by atoms with Crippen molar-refractivity contribution in [3.63, 3.8) is 0 Å². The fraction of sp³-hybridized carbons (Fsp3) is 0.625. The summed E-state index contributed by atoms with van der Waals surface area (Å²) in [4.78, 5) is 0. The van der Waals surface area contributed by atoms with Gasteiger partial charge in [-0.2, -0.15) is 0 Å². The van der Waals surface area contributed by atoms with Gasteiger partial charge in [-0.3, -0.25) is 0 Å². The van der Waals surface area contributed by atoms with Gasteiger partial charge in [0.05, 0.1) is 18.2 Å². The second-order valence-corrected chi connectivity index (χ2v) is 6.24. The largest absolute Gasteiger partial charge is 0.493 e. The molecular weight excluding hydrogens is 318 g/mol. The van der Waals surface area contributed by atoms with Gasteiger partial charge < -0.3 is 14.8 Å². The van der Waals surface area contributed by atoms with Crippen molar-refractivity contribution < 1.29 is 9.47 Å². The number of halogens is 1. The molecule has 1 unspecified atom stereocenters. The first kappa shape index (κ1) is 15.6. The third-order valence-corrected chi connectivity index (χ3v) is 4.72. The van der Waals surface area contributed by atoms with Crippen LogP contribution in [0, 0.1) is 0 Å². The Hall–Kier alpha value is -0.740. The molecule has 0 radical (unpaired) electrons. The molecule has 1 saturated heterocycles. The van der Waals surface area contributed by atoms with Crippen LogP contribution >= 0.6 is 15.9 Å². The molecule has 0 aliphatic carbocycles. The van der Waals surface area contributed by atoms with E-state index in [0.717, 1.165) is 35.4 Å². The van der Waals surface area contributed by atoms with Crippen LogP contribution in [0.2, 0.25) is 0 Å². The molecule has 1 aliphatic rings. The average molecular weight is 342 g/mol. The van der Waals surface area contributed by atoms with Crippen molar-refractivity contribution in [2.45, 2.75) is 45.1 Å². The van der Waals surface area contributed by atoms with E-state index in [-0.39, 0.29) is 5.54 Å². The smallest absolute Gasteiger partial charge is 0.175 e. The van der Waals surface area contributed by atoms with Crippen LogP contribution in [0.25, 0.3) is 0 Å². The summed E-state index contributed by atoms with van der Waals surface area (Å²) < 4.78 is 12.1. The molecule has 20 heavy (non-hydrogen) atoms. The molecule has 0 aromatic heterocycles. The maximum Gasteiger partial charge on any atom is 0.175 e. The zero-order valence-corrected chi connectivity index (χ0v) is 14.2. The summed E-state index contributed by atoms with van der Waals surface area (Å²) in [7, 11) is 1.69. The van der Waals surface area contributed by atoms with Gasteiger partial charge in [-0.05, 0) is 72.8 Å². The van der Waals surface area contributed by atoms with E-state index in [1.165, 1.54) is 18.4 Å². The van der Waals surface area contributed by atoms with Crippen LogP contribution in [-0.2, 0) is 6.42 Å². The van der Waals surface area contributed by atoms with E-state index >= 15 is 0 Å². The van der Waals surface area contributed by atoms with Gasteiger partial charge in [0.2, 0.25) is 0 Å². The number of hydrogen-bond donors (Lipinski definition) is 1. The maximum atomic E-state index is 5.65. The van der Waals surface area contributed by atoms with Crippen molar-refractivity contribution >= 4 is 15.9 Å². The number of hydrogen-bond acceptors (Lipinski definition) is 3. The number of ether oxygens (including phenoxy) is 2. The fourth-order valence-electron chi connectivity index (χ4n) is 3.00. The zero-order chi connectivity index (χ0) is 14.6. The van der Waals surface area contributed by atoms with Gasteiger partial charge in [-0.15, -0.1) is 0 Å². The second-order valence-electron chi connectivity index (χ2n) is 5.38. The van der Waals surface area contributed by atoms with Crippen molar-refractivity contribution in [2.75, 3.05) is 20.3 Å². The minimum Gasteiger partial charge on any atom is -0.493 e. The van der Waals surface area contributed by atoms with E-state index in [9.17, 15) is 0 Å². The minimum absolute atomic E-state index is 0.248. The number of methoxy groups -OCH3 is 1. The van der Waals surface area contributed by atoms with Crippen molar-refractivity contribution in [2.24, 2.45) is 0 Å². The van der Waals surface area contributed by atoms with Crippen molar-refractivity contribution in [1.82, 2.24) is 5.32 Å². The van der Waals surface area contributed by atoms with Gasteiger partial charge in [0.25, 0.3) is 0 Å². The Kier molecular flexibility index (Phi) is 5.33. The minimum atomic E-state index is 0.248. The average Bonchev–Trinajstić information content (AvgIpc) is 2.90. The highest BCUT2D eigenvalue weighted by Gasteiger charge is 2.32. The molecule has 1 N–H and O–H groups in total. The Labute approximate surface area is 130 Å². The molecule has 1 heterocycles. The highest BCUT2D eigenvalue weighted by molar-refractivity contribution is 9.10. The van der Waals surface area contributed by atoms with Crippen LogP contribution in [0.15, 0.2) is 16.6 Å². The Morgan fingerprint density at radius 1 is 1.35 bits per heavy atom. The van der Waals surface area contributed by atoms with Crippen molar-refractivity contribution in [3.8, 4) is 11.5 Å². The Bertz CT molecular complexity index is 456. The molecule has 0 bridgehead atoms. The SMILES string of the molecule is CCOc1c(Br)cc(CC2(CC)CCCN2)cc1OC. The number of benzene rings is 1. The zero-order valence-electron chi connectivity index (χ0n) is 12.6. The molecule has 1 aromatic carbocycles. The van der Waals surface area contributed by atoms with Crippen molar-refractivity contribution in [1.29, 1.82) is 0 Å².